The van der Waals surface area contributed by atoms with Crippen molar-refractivity contribution < 1.29 is 4.79 Å². The fraction of sp³-hybridized carbons (Fsp3) is 0.478. The molecule has 7 nitrogen and oxygen atoms in total. The standard InChI is InChI=1S/C23H30N6OS/c1-15-14-16(2)25-23(24-15)28-20(10-13-31-3)22(30)29-11-8-17(9-12-29)21-26-18-6-4-5-7-19(18)27-21/h4-7,14,17,20H,8-13H2,1-3H3,(H,26,27)(H,24,25,28)/t20-/m0/s1. The van der Waals surface area contributed by atoms with Crippen molar-refractivity contribution in [3.05, 3.63) is 47.5 Å². The Morgan fingerprint density at radius 3 is 2.58 bits per heavy atom. The van der Waals surface area contributed by atoms with Crippen LogP contribution in [-0.4, -0.2) is 61.9 Å². The molecule has 1 aliphatic rings. The number of benzene rings is 1. The molecule has 2 N–H and O–H groups in total. The molecule has 2 aromatic heterocycles. The SMILES string of the molecule is CSCC[C@H](Nc1nc(C)cc(C)n1)C(=O)N1CCC(c2nc3ccccc3[nH]2)CC1. The number of amides is 1. The molecule has 3 heterocycles. The molecule has 0 radical (unpaired) electrons. The number of aromatic nitrogens is 4. The highest BCUT2D eigenvalue weighted by Gasteiger charge is 2.30. The largest absolute Gasteiger partial charge is 0.342 e. The van der Waals surface area contributed by atoms with Gasteiger partial charge in [-0.3, -0.25) is 4.79 Å². The molecule has 0 bridgehead atoms. The van der Waals surface area contributed by atoms with Crippen molar-refractivity contribution in [1.82, 2.24) is 24.8 Å². The van der Waals surface area contributed by atoms with Gasteiger partial charge < -0.3 is 15.2 Å². The maximum absolute atomic E-state index is 13.3. The second-order valence-corrected chi connectivity index (χ2v) is 9.18. The third-order valence-electron chi connectivity index (χ3n) is 5.80. The number of likely N-dealkylation sites (tertiary alicyclic amines) is 1. The highest BCUT2D eigenvalue weighted by Crippen LogP contribution is 2.28. The van der Waals surface area contributed by atoms with Gasteiger partial charge in [-0.2, -0.15) is 11.8 Å². The van der Waals surface area contributed by atoms with Gasteiger partial charge in [-0.15, -0.1) is 0 Å². The van der Waals surface area contributed by atoms with E-state index in [0.717, 1.165) is 66.4 Å². The number of para-hydroxylation sites is 2. The summed E-state index contributed by atoms with van der Waals surface area (Å²) in [6.45, 7) is 5.38. The van der Waals surface area contributed by atoms with E-state index in [0.29, 0.717) is 11.9 Å². The van der Waals surface area contributed by atoms with Gasteiger partial charge in [0, 0.05) is 30.4 Å². The Labute approximate surface area is 187 Å². The lowest BCUT2D eigenvalue weighted by Crippen LogP contribution is -2.46. The molecule has 0 spiro atoms. The zero-order valence-corrected chi connectivity index (χ0v) is 19.2. The smallest absolute Gasteiger partial charge is 0.245 e. The van der Waals surface area contributed by atoms with Crippen LogP contribution in [0.25, 0.3) is 11.0 Å². The summed E-state index contributed by atoms with van der Waals surface area (Å²) in [5.74, 6) is 2.98. The van der Waals surface area contributed by atoms with Crippen molar-refractivity contribution in [2.45, 2.75) is 45.1 Å². The van der Waals surface area contributed by atoms with E-state index < -0.39 is 0 Å². The number of carbonyl (C=O) groups is 1. The molecule has 3 aromatic rings. The number of nitrogens with one attached hydrogen (secondary N) is 2. The van der Waals surface area contributed by atoms with Gasteiger partial charge in [-0.05, 0) is 63.3 Å². The number of thioether (sulfide) groups is 1. The normalized spacial score (nSPS) is 15.9. The predicted molar refractivity (Wildman–Crippen MR) is 127 cm³/mol. The second kappa shape index (κ2) is 9.68. The molecule has 0 unspecified atom stereocenters. The number of aromatic amines is 1. The van der Waals surface area contributed by atoms with Crippen LogP contribution in [0.5, 0.6) is 0 Å². The van der Waals surface area contributed by atoms with Crippen molar-refractivity contribution in [3.8, 4) is 0 Å². The van der Waals surface area contributed by atoms with Crippen molar-refractivity contribution >= 4 is 34.7 Å². The molecule has 1 aliphatic heterocycles. The third-order valence-corrected chi connectivity index (χ3v) is 6.44. The number of piperidine rings is 1. The Hall–Kier alpha value is -2.61. The number of imidazole rings is 1. The number of fused-ring (bicyclic) bond motifs is 1. The van der Waals surface area contributed by atoms with Crippen LogP contribution in [0.1, 0.15) is 42.4 Å². The minimum absolute atomic E-state index is 0.139. The number of H-pyrrole nitrogens is 1. The van der Waals surface area contributed by atoms with E-state index >= 15 is 0 Å². The maximum atomic E-state index is 13.3. The molecule has 1 amide bonds. The molecule has 1 aromatic carbocycles. The van der Waals surface area contributed by atoms with Crippen LogP contribution in [0, 0.1) is 13.8 Å². The maximum Gasteiger partial charge on any atom is 0.245 e. The lowest BCUT2D eigenvalue weighted by Gasteiger charge is -2.34. The predicted octanol–water partition coefficient (Wildman–Crippen LogP) is 3.91. The summed E-state index contributed by atoms with van der Waals surface area (Å²) < 4.78 is 0. The lowest BCUT2D eigenvalue weighted by atomic mass is 9.95. The number of anilines is 1. The zero-order chi connectivity index (χ0) is 21.8. The summed E-state index contributed by atoms with van der Waals surface area (Å²) in [4.78, 5) is 32.5. The fourth-order valence-corrected chi connectivity index (χ4v) is 4.67. The number of rotatable bonds is 7. The molecule has 31 heavy (non-hydrogen) atoms. The molecule has 4 rings (SSSR count). The van der Waals surface area contributed by atoms with Crippen LogP contribution in [0.3, 0.4) is 0 Å². The molecule has 0 saturated carbocycles. The fourth-order valence-electron chi connectivity index (χ4n) is 4.20. The first kappa shape index (κ1) is 21.6. The van der Waals surface area contributed by atoms with Gasteiger partial charge in [0.25, 0.3) is 0 Å². The van der Waals surface area contributed by atoms with Gasteiger partial charge in [-0.1, -0.05) is 12.1 Å². The van der Waals surface area contributed by atoms with E-state index in [1.807, 2.05) is 43.0 Å². The number of hydrogen-bond acceptors (Lipinski definition) is 6. The van der Waals surface area contributed by atoms with Crippen LogP contribution < -0.4 is 5.32 Å². The van der Waals surface area contributed by atoms with E-state index in [4.69, 9.17) is 4.98 Å². The minimum atomic E-state index is -0.309. The Kier molecular flexibility index (Phi) is 6.75. The summed E-state index contributed by atoms with van der Waals surface area (Å²) >= 11 is 1.75. The van der Waals surface area contributed by atoms with Crippen LogP contribution in [-0.2, 0) is 4.79 Å². The summed E-state index contributed by atoms with van der Waals surface area (Å²) in [6, 6.07) is 9.75. The van der Waals surface area contributed by atoms with Crippen LogP contribution in [0.4, 0.5) is 5.95 Å². The van der Waals surface area contributed by atoms with Crippen molar-refractivity contribution in [1.29, 1.82) is 0 Å². The van der Waals surface area contributed by atoms with E-state index in [2.05, 4.69) is 32.6 Å². The average molecular weight is 439 g/mol. The van der Waals surface area contributed by atoms with E-state index in [-0.39, 0.29) is 11.9 Å². The first-order valence-electron chi connectivity index (χ1n) is 10.8. The van der Waals surface area contributed by atoms with Crippen molar-refractivity contribution in [3.63, 3.8) is 0 Å². The number of hydrogen-bond donors (Lipinski definition) is 2. The first-order chi connectivity index (χ1) is 15.0. The lowest BCUT2D eigenvalue weighted by molar-refractivity contribution is -0.133. The average Bonchev–Trinajstić information content (AvgIpc) is 3.20. The van der Waals surface area contributed by atoms with Gasteiger partial charge in [0.05, 0.1) is 11.0 Å². The van der Waals surface area contributed by atoms with Gasteiger partial charge in [0.1, 0.15) is 11.9 Å². The highest BCUT2D eigenvalue weighted by atomic mass is 32.2. The Morgan fingerprint density at radius 1 is 1.19 bits per heavy atom. The molecule has 164 valence electrons. The third kappa shape index (κ3) is 5.18. The van der Waals surface area contributed by atoms with Crippen LogP contribution in [0.15, 0.2) is 30.3 Å². The Balaban J connectivity index is 1.41. The quantitative estimate of drug-likeness (QED) is 0.582. The van der Waals surface area contributed by atoms with Crippen LogP contribution >= 0.6 is 11.8 Å². The topological polar surface area (TPSA) is 86.8 Å². The highest BCUT2D eigenvalue weighted by molar-refractivity contribution is 7.98. The molecule has 0 aliphatic carbocycles. The molecule has 8 heteroatoms. The van der Waals surface area contributed by atoms with E-state index in [1.165, 1.54) is 0 Å². The first-order valence-corrected chi connectivity index (χ1v) is 12.2. The molecule has 1 fully saturated rings. The molecule has 1 saturated heterocycles. The second-order valence-electron chi connectivity index (χ2n) is 8.19. The van der Waals surface area contributed by atoms with Gasteiger partial charge in [0.15, 0.2) is 0 Å². The van der Waals surface area contributed by atoms with Gasteiger partial charge in [-0.25, -0.2) is 15.0 Å². The number of carbonyl (C=O) groups excluding carboxylic acids is 1. The molecular weight excluding hydrogens is 408 g/mol. The summed E-state index contributed by atoms with van der Waals surface area (Å²) in [5.41, 5.74) is 3.88. The van der Waals surface area contributed by atoms with Gasteiger partial charge >= 0.3 is 0 Å². The zero-order valence-electron chi connectivity index (χ0n) is 18.4. The number of aryl methyl sites for hydroxylation is 2. The Bertz CT molecular complexity index is 990. The van der Waals surface area contributed by atoms with E-state index in [1.54, 1.807) is 11.8 Å². The van der Waals surface area contributed by atoms with Crippen molar-refractivity contribution in [2.24, 2.45) is 0 Å². The summed E-state index contributed by atoms with van der Waals surface area (Å²) in [7, 11) is 0. The van der Waals surface area contributed by atoms with Crippen molar-refractivity contribution in [2.75, 3.05) is 30.4 Å². The monoisotopic (exact) mass is 438 g/mol. The minimum Gasteiger partial charge on any atom is -0.342 e. The van der Waals surface area contributed by atoms with Gasteiger partial charge in [0.2, 0.25) is 11.9 Å². The van der Waals surface area contributed by atoms with Crippen LogP contribution in [0.2, 0.25) is 0 Å². The summed E-state index contributed by atoms with van der Waals surface area (Å²) in [6.07, 6.45) is 4.65. The number of nitrogens with zero attached hydrogens (tertiary/aromatic N) is 4. The van der Waals surface area contributed by atoms with E-state index in [9.17, 15) is 4.79 Å². The summed E-state index contributed by atoms with van der Waals surface area (Å²) in [5, 5.41) is 3.31. The molecular formula is C23H30N6OS. The Morgan fingerprint density at radius 2 is 1.90 bits per heavy atom. The molecule has 1 atom stereocenters.